The monoisotopic (exact) mass is 440 g/mol. The van der Waals surface area contributed by atoms with E-state index in [0.29, 0.717) is 11.3 Å². The number of amides is 1. The van der Waals surface area contributed by atoms with Gasteiger partial charge in [0.05, 0.1) is 17.9 Å². The van der Waals surface area contributed by atoms with Gasteiger partial charge in [-0.05, 0) is 55.0 Å². The SMILES string of the molecule is CC(NC(=O)c1ccccc1C(=O)c1ccc(F)cc1)c1cccc(NS(C)(=O)=O)c1. The molecule has 3 aromatic carbocycles. The number of anilines is 1. The second-order valence-corrected chi connectivity index (χ2v) is 8.82. The Labute approximate surface area is 180 Å². The molecule has 0 aliphatic carbocycles. The Hall–Kier alpha value is -3.52. The molecule has 3 rings (SSSR count). The molecule has 1 atom stereocenters. The number of carbonyl (C=O) groups is 2. The van der Waals surface area contributed by atoms with Crippen LogP contribution in [-0.4, -0.2) is 26.4 Å². The lowest BCUT2D eigenvalue weighted by atomic mass is 9.97. The summed E-state index contributed by atoms with van der Waals surface area (Å²) in [6.07, 6.45) is 1.06. The average molecular weight is 440 g/mol. The first-order valence-electron chi connectivity index (χ1n) is 9.42. The van der Waals surface area contributed by atoms with Gasteiger partial charge in [-0.2, -0.15) is 0 Å². The number of benzene rings is 3. The van der Waals surface area contributed by atoms with Gasteiger partial charge in [-0.3, -0.25) is 14.3 Å². The van der Waals surface area contributed by atoms with Crippen LogP contribution in [0.15, 0.2) is 72.8 Å². The lowest BCUT2D eigenvalue weighted by Crippen LogP contribution is -2.28. The second-order valence-electron chi connectivity index (χ2n) is 7.08. The Morgan fingerprint density at radius 3 is 2.19 bits per heavy atom. The van der Waals surface area contributed by atoms with E-state index in [2.05, 4.69) is 10.0 Å². The fourth-order valence-corrected chi connectivity index (χ4v) is 3.63. The van der Waals surface area contributed by atoms with Gasteiger partial charge in [-0.15, -0.1) is 0 Å². The van der Waals surface area contributed by atoms with Crippen LogP contribution < -0.4 is 10.0 Å². The molecular formula is C23H21FN2O4S. The molecule has 0 saturated carbocycles. The van der Waals surface area contributed by atoms with Gasteiger partial charge < -0.3 is 5.32 Å². The molecule has 0 fully saturated rings. The van der Waals surface area contributed by atoms with Crippen molar-refractivity contribution < 1.29 is 22.4 Å². The van der Waals surface area contributed by atoms with E-state index in [9.17, 15) is 22.4 Å². The first kappa shape index (κ1) is 22.2. The normalized spacial score (nSPS) is 12.1. The van der Waals surface area contributed by atoms with Crippen molar-refractivity contribution >= 4 is 27.4 Å². The van der Waals surface area contributed by atoms with Gasteiger partial charge >= 0.3 is 0 Å². The smallest absolute Gasteiger partial charge is 0.252 e. The molecular weight excluding hydrogens is 419 g/mol. The maximum atomic E-state index is 13.2. The van der Waals surface area contributed by atoms with Gasteiger partial charge in [0.25, 0.3) is 5.91 Å². The zero-order valence-electron chi connectivity index (χ0n) is 16.9. The number of nitrogens with one attached hydrogen (secondary N) is 2. The van der Waals surface area contributed by atoms with Crippen LogP contribution in [-0.2, 0) is 10.0 Å². The Morgan fingerprint density at radius 1 is 0.903 bits per heavy atom. The molecule has 6 nitrogen and oxygen atoms in total. The van der Waals surface area contributed by atoms with E-state index in [1.54, 1.807) is 55.5 Å². The van der Waals surface area contributed by atoms with Crippen LogP contribution in [0.4, 0.5) is 10.1 Å². The molecule has 31 heavy (non-hydrogen) atoms. The molecule has 3 aromatic rings. The topological polar surface area (TPSA) is 92.3 Å². The fraction of sp³-hybridized carbons (Fsp3) is 0.130. The maximum absolute atomic E-state index is 13.2. The van der Waals surface area contributed by atoms with Crippen molar-refractivity contribution in [3.63, 3.8) is 0 Å². The van der Waals surface area contributed by atoms with Crippen molar-refractivity contribution in [2.45, 2.75) is 13.0 Å². The molecule has 1 amide bonds. The van der Waals surface area contributed by atoms with Crippen LogP contribution in [0.5, 0.6) is 0 Å². The summed E-state index contributed by atoms with van der Waals surface area (Å²) in [5.74, 6) is -1.30. The highest BCUT2D eigenvalue weighted by molar-refractivity contribution is 7.92. The third-order valence-corrected chi connectivity index (χ3v) is 5.17. The van der Waals surface area contributed by atoms with Crippen molar-refractivity contribution in [2.75, 3.05) is 11.0 Å². The Kier molecular flexibility index (Phi) is 6.50. The van der Waals surface area contributed by atoms with Crippen LogP contribution in [0.3, 0.4) is 0 Å². The van der Waals surface area contributed by atoms with E-state index in [1.165, 1.54) is 24.3 Å². The van der Waals surface area contributed by atoms with Crippen LogP contribution >= 0.6 is 0 Å². The van der Waals surface area contributed by atoms with E-state index in [-0.39, 0.29) is 16.7 Å². The van der Waals surface area contributed by atoms with Crippen LogP contribution in [0, 0.1) is 5.82 Å². The Balaban J connectivity index is 1.82. The molecule has 0 radical (unpaired) electrons. The number of halogens is 1. The number of rotatable bonds is 7. The lowest BCUT2D eigenvalue weighted by Gasteiger charge is -2.17. The predicted molar refractivity (Wildman–Crippen MR) is 117 cm³/mol. The van der Waals surface area contributed by atoms with Gasteiger partial charge in [0.1, 0.15) is 5.82 Å². The van der Waals surface area contributed by atoms with E-state index >= 15 is 0 Å². The minimum absolute atomic E-state index is 0.189. The van der Waals surface area contributed by atoms with Crippen molar-refractivity contribution in [1.82, 2.24) is 5.32 Å². The first-order chi connectivity index (χ1) is 14.6. The molecule has 1 unspecified atom stereocenters. The minimum atomic E-state index is -3.43. The average Bonchev–Trinajstić information content (AvgIpc) is 2.72. The molecule has 0 spiro atoms. The molecule has 2 N–H and O–H groups in total. The van der Waals surface area contributed by atoms with Gasteiger partial charge in [0, 0.05) is 16.8 Å². The quantitative estimate of drug-likeness (QED) is 0.545. The largest absolute Gasteiger partial charge is 0.345 e. The summed E-state index contributed by atoms with van der Waals surface area (Å²) in [5, 5.41) is 2.83. The van der Waals surface area contributed by atoms with Crippen molar-refractivity contribution in [3.8, 4) is 0 Å². The highest BCUT2D eigenvalue weighted by atomic mass is 32.2. The molecule has 0 aliphatic rings. The number of hydrogen-bond donors (Lipinski definition) is 2. The van der Waals surface area contributed by atoms with Crippen molar-refractivity contribution in [1.29, 1.82) is 0 Å². The highest BCUT2D eigenvalue weighted by Gasteiger charge is 2.20. The summed E-state index contributed by atoms with van der Waals surface area (Å²) < 4.78 is 38.5. The van der Waals surface area contributed by atoms with Gasteiger partial charge in [0.15, 0.2) is 5.78 Å². The van der Waals surface area contributed by atoms with Crippen LogP contribution in [0.25, 0.3) is 0 Å². The summed E-state index contributed by atoms with van der Waals surface area (Å²) in [6.45, 7) is 1.75. The highest BCUT2D eigenvalue weighted by Crippen LogP contribution is 2.20. The summed E-state index contributed by atoms with van der Waals surface area (Å²) in [4.78, 5) is 25.8. The number of carbonyl (C=O) groups excluding carboxylic acids is 2. The van der Waals surface area contributed by atoms with Crippen LogP contribution in [0.1, 0.15) is 44.8 Å². The minimum Gasteiger partial charge on any atom is -0.345 e. The van der Waals surface area contributed by atoms with Crippen LogP contribution in [0.2, 0.25) is 0 Å². The van der Waals surface area contributed by atoms with Gasteiger partial charge in [-0.1, -0.05) is 30.3 Å². The van der Waals surface area contributed by atoms with Gasteiger partial charge in [0.2, 0.25) is 10.0 Å². The molecule has 0 aliphatic heterocycles. The number of hydrogen-bond acceptors (Lipinski definition) is 4. The van der Waals surface area contributed by atoms with E-state index in [1.807, 2.05) is 0 Å². The standard InChI is InChI=1S/C23H21FN2O4S/c1-15(17-6-5-7-19(14-17)26-31(2,29)30)25-23(28)21-9-4-3-8-20(21)22(27)16-10-12-18(24)13-11-16/h3-15,26H,1-2H3,(H,25,28). The number of ketones is 1. The zero-order valence-corrected chi connectivity index (χ0v) is 17.7. The molecule has 160 valence electrons. The first-order valence-corrected chi connectivity index (χ1v) is 11.3. The fourth-order valence-electron chi connectivity index (χ4n) is 3.08. The van der Waals surface area contributed by atoms with E-state index < -0.39 is 33.6 Å². The molecule has 0 bridgehead atoms. The lowest BCUT2D eigenvalue weighted by molar-refractivity contribution is 0.0929. The summed E-state index contributed by atoms with van der Waals surface area (Å²) in [6, 6.07) is 17.7. The van der Waals surface area contributed by atoms with E-state index in [4.69, 9.17) is 0 Å². The summed E-state index contributed by atoms with van der Waals surface area (Å²) in [7, 11) is -3.43. The molecule has 8 heteroatoms. The maximum Gasteiger partial charge on any atom is 0.252 e. The Bertz CT molecular complexity index is 1220. The third kappa shape index (κ3) is 5.76. The molecule has 0 heterocycles. The van der Waals surface area contributed by atoms with E-state index in [0.717, 1.165) is 6.26 Å². The summed E-state index contributed by atoms with van der Waals surface area (Å²) in [5.41, 5.74) is 1.73. The molecule has 0 saturated heterocycles. The van der Waals surface area contributed by atoms with Crippen molar-refractivity contribution in [2.24, 2.45) is 0 Å². The van der Waals surface area contributed by atoms with Gasteiger partial charge in [-0.25, -0.2) is 12.8 Å². The van der Waals surface area contributed by atoms with Crippen molar-refractivity contribution in [3.05, 3.63) is 101 Å². The Morgan fingerprint density at radius 2 is 1.55 bits per heavy atom. The second kappa shape index (κ2) is 9.09. The third-order valence-electron chi connectivity index (χ3n) is 4.56. The molecule has 0 aromatic heterocycles. The number of sulfonamides is 1. The predicted octanol–water partition coefficient (Wildman–Crippen LogP) is 3.92. The zero-order chi connectivity index (χ0) is 22.6. The summed E-state index contributed by atoms with van der Waals surface area (Å²) >= 11 is 0.